The Labute approximate surface area is 197 Å². The van der Waals surface area contributed by atoms with E-state index in [9.17, 15) is 9.90 Å². The summed E-state index contributed by atoms with van der Waals surface area (Å²) in [4.78, 5) is 12.3. The quantitative estimate of drug-likeness (QED) is 0.152. The number of H-pyrrole nitrogens is 1. The average molecular weight is 509 g/mol. The highest BCUT2D eigenvalue weighted by atomic mass is 79.9. The lowest BCUT2D eigenvalue weighted by Gasteiger charge is -2.04. The molecule has 9 heteroatoms. The van der Waals surface area contributed by atoms with Crippen LogP contribution in [0.1, 0.15) is 5.56 Å². The number of hydrazone groups is 1. The Kier molecular flexibility index (Phi) is 6.98. The SMILES string of the molecule is O=C(CSc1n[nH]c(-c2ccccc2)[n+]1-c1ccc(Br)cc1)N/N=C/c1ccccc1O. The number of rotatable bonds is 7. The first-order valence-electron chi connectivity index (χ1n) is 9.66. The molecule has 0 saturated carbocycles. The van der Waals surface area contributed by atoms with Crippen LogP contribution in [-0.2, 0) is 4.79 Å². The van der Waals surface area contributed by atoms with E-state index in [0.717, 1.165) is 21.5 Å². The average Bonchev–Trinajstić information content (AvgIpc) is 3.24. The van der Waals surface area contributed by atoms with Gasteiger partial charge >= 0.3 is 5.16 Å². The van der Waals surface area contributed by atoms with Crippen molar-refractivity contribution in [1.82, 2.24) is 15.6 Å². The summed E-state index contributed by atoms with van der Waals surface area (Å²) in [6.45, 7) is 0. The van der Waals surface area contributed by atoms with Crippen molar-refractivity contribution in [3.63, 3.8) is 0 Å². The Morgan fingerprint density at radius 1 is 1.09 bits per heavy atom. The van der Waals surface area contributed by atoms with Gasteiger partial charge in [-0.15, -0.1) is 5.10 Å². The predicted molar refractivity (Wildman–Crippen MR) is 128 cm³/mol. The number of aromatic amines is 1. The number of carbonyl (C=O) groups excluding carboxylic acids is 1. The molecule has 1 aromatic heterocycles. The molecule has 4 aromatic rings. The molecule has 0 saturated heterocycles. The lowest BCUT2D eigenvalue weighted by molar-refractivity contribution is -0.625. The van der Waals surface area contributed by atoms with Crippen molar-refractivity contribution >= 4 is 39.8 Å². The van der Waals surface area contributed by atoms with Gasteiger partial charge in [0.15, 0.2) is 0 Å². The van der Waals surface area contributed by atoms with Crippen LogP contribution in [0.3, 0.4) is 0 Å². The number of hydrogen-bond acceptors (Lipinski definition) is 5. The number of amides is 1. The van der Waals surface area contributed by atoms with Crippen LogP contribution in [0.5, 0.6) is 5.75 Å². The zero-order valence-electron chi connectivity index (χ0n) is 16.8. The van der Waals surface area contributed by atoms with Crippen molar-refractivity contribution in [1.29, 1.82) is 0 Å². The van der Waals surface area contributed by atoms with Gasteiger partial charge in [0.05, 0.1) is 22.6 Å². The topological polar surface area (TPSA) is 94.3 Å². The number of nitrogens with one attached hydrogen (secondary N) is 2. The minimum Gasteiger partial charge on any atom is -0.507 e. The third kappa shape index (κ3) is 5.24. The second-order valence-corrected chi connectivity index (χ2v) is 8.53. The smallest absolute Gasteiger partial charge is 0.342 e. The summed E-state index contributed by atoms with van der Waals surface area (Å²) in [5.41, 5.74) is 4.90. The van der Waals surface area contributed by atoms with E-state index >= 15 is 0 Å². The standard InChI is InChI=1S/C23H18BrN5O2S/c24-18-10-12-19(13-11-18)29-22(16-6-2-1-3-7-16)27-28-23(29)32-15-21(31)26-25-14-17-8-4-5-9-20(17)30/h1-14H,15H2,(H2,25,26,30,31)/p+1. The summed E-state index contributed by atoms with van der Waals surface area (Å²) in [6, 6.07) is 24.5. The van der Waals surface area contributed by atoms with Crippen LogP contribution in [0.2, 0.25) is 0 Å². The molecule has 32 heavy (non-hydrogen) atoms. The van der Waals surface area contributed by atoms with Crippen molar-refractivity contribution in [3.05, 3.63) is 88.9 Å². The molecule has 0 aliphatic carbocycles. The first-order chi connectivity index (χ1) is 15.6. The molecule has 0 unspecified atom stereocenters. The lowest BCUT2D eigenvalue weighted by atomic mass is 10.2. The number of carbonyl (C=O) groups is 1. The number of aromatic hydroxyl groups is 1. The van der Waals surface area contributed by atoms with Crippen LogP contribution < -0.4 is 9.99 Å². The number of halogens is 1. The zero-order chi connectivity index (χ0) is 22.3. The van der Waals surface area contributed by atoms with Gasteiger partial charge < -0.3 is 5.11 Å². The molecule has 1 heterocycles. The number of aromatic nitrogens is 3. The van der Waals surface area contributed by atoms with Crippen LogP contribution in [0.4, 0.5) is 0 Å². The molecule has 7 nitrogen and oxygen atoms in total. The van der Waals surface area contributed by atoms with Gasteiger partial charge in [0.2, 0.25) is 0 Å². The van der Waals surface area contributed by atoms with E-state index in [1.54, 1.807) is 24.3 Å². The van der Waals surface area contributed by atoms with Crippen molar-refractivity contribution in [3.8, 4) is 22.8 Å². The molecule has 0 spiro atoms. The largest absolute Gasteiger partial charge is 0.507 e. The molecule has 0 aliphatic rings. The van der Waals surface area contributed by atoms with E-state index in [-0.39, 0.29) is 17.4 Å². The molecule has 0 fully saturated rings. The molecule has 0 radical (unpaired) electrons. The molecular weight excluding hydrogens is 490 g/mol. The normalized spacial score (nSPS) is 11.0. The minimum atomic E-state index is -0.284. The van der Waals surface area contributed by atoms with Crippen molar-refractivity contribution in [2.45, 2.75) is 5.16 Å². The van der Waals surface area contributed by atoms with Crippen LogP contribution in [0.25, 0.3) is 17.1 Å². The second-order valence-electron chi connectivity index (χ2n) is 6.67. The summed E-state index contributed by atoms with van der Waals surface area (Å²) < 4.78 is 2.95. The van der Waals surface area contributed by atoms with Gasteiger partial charge in [-0.2, -0.15) is 9.67 Å². The maximum Gasteiger partial charge on any atom is 0.342 e. The Balaban J connectivity index is 1.51. The molecule has 0 aliphatic heterocycles. The zero-order valence-corrected chi connectivity index (χ0v) is 19.2. The Hall–Kier alpha value is -3.43. The van der Waals surface area contributed by atoms with E-state index in [1.165, 1.54) is 18.0 Å². The molecule has 1 amide bonds. The molecule has 0 bridgehead atoms. The molecule has 4 rings (SSSR count). The van der Waals surface area contributed by atoms with Gasteiger partial charge in [0.25, 0.3) is 11.7 Å². The monoisotopic (exact) mass is 508 g/mol. The highest BCUT2D eigenvalue weighted by Gasteiger charge is 2.24. The van der Waals surface area contributed by atoms with Gasteiger partial charge in [-0.05, 0) is 60.3 Å². The van der Waals surface area contributed by atoms with E-state index in [0.29, 0.717) is 10.7 Å². The highest BCUT2D eigenvalue weighted by Crippen LogP contribution is 2.21. The molecule has 0 atom stereocenters. The van der Waals surface area contributed by atoms with Gasteiger partial charge in [-0.1, -0.05) is 46.3 Å². The van der Waals surface area contributed by atoms with Crippen LogP contribution in [0, 0.1) is 0 Å². The minimum absolute atomic E-state index is 0.0976. The summed E-state index contributed by atoms with van der Waals surface area (Å²) >= 11 is 4.76. The van der Waals surface area contributed by atoms with E-state index < -0.39 is 0 Å². The van der Waals surface area contributed by atoms with Crippen LogP contribution in [0.15, 0.2) is 93.6 Å². The number of hydrogen-bond donors (Lipinski definition) is 3. The molecule has 160 valence electrons. The molecule has 3 N–H and O–H groups in total. The van der Waals surface area contributed by atoms with Gasteiger partial charge in [-0.3, -0.25) is 4.79 Å². The fourth-order valence-electron chi connectivity index (χ4n) is 2.95. The fourth-order valence-corrected chi connectivity index (χ4v) is 3.97. The molecule has 3 aromatic carbocycles. The number of benzene rings is 3. The van der Waals surface area contributed by atoms with Gasteiger partial charge in [0.1, 0.15) is 11.4 Å². The van der Waals surface area contributed by atoms with Crippen molar-refractivity contribution in [2.24, 2.45) is 5.10 Å². The lowest BCUT2D eigenvalue weighted by Crippen LogP contribution is -2.34. The molecular formula is C23H19BrN5O2S+. The van der Waals surface area contributed by atoms with Crippen LogP contribution in [-0.4, -0.2) is 33.2 Å². The second kappa shape index (κ2) is 10.3. The highest BCUT2D eigenvalue weighted by molar-refractivity contribution is 9.10. The number of phenolic OH excluding ortho intramolecular Hbond substituents is 1. The fraction of sp³-hybridized carbons (Fsp3) is 0.0435. The summed E-state index contributed by atoms with van der Waals surface area (Å²) in [5, 5.41) is 21.8. The number of phenols is 1. The number of thioether (sulfide) groups is 1. The summed E-state index contributed by atoms with van der Waals surface area (Å²) in [7, 11) is 0. The van der Waals surface area contributed by atoms with E-state index in [2.05, 4.69) is 36.7 Å². The van der Waals surface area contributed by atoms with E-state index in [1.807, 2.05) is 59.2 Å². The first-order valence-corrected chi connectivity index (χ1v) is 11.4. The Bertz CT molecular complexity index is 1240. The first kappa shape index (κ1) is 21.8. The number of para-hydroxylation sites is 1. The summed E-state index contributed by atoms with van der Waals surface area (Å²) in [6.07, 6.45) is 1.40. The summed E-state index contributed by atoms with van der Waals surface area (Å²) in [5.74, 6) is 0.746. The third-order valence-electron chi connectivity index (χ3n) is 4.47. The maximum atomic E-state index is 12.3. The van der Waals surface area contributed by atoms with Gasteiger partial charge in [0, 0.05) is 10.0 Å². The van der Waals surface area contributed by atoms with Gasteiger partial charge in [-0.25, -0.2) is 5.43 Å². The third-order valence-corrected chi connectivity index (χ3v) is 5.93. The van der Waals surface area contributed by atoms with Crippen LogP contribution >= 0.6 is 27.7 Å². The predicted octanol–water partition coefficient (Wildman–Crippen LogP) is 4.06. The van der Waals surface area contributed by atoms with Crippen molar-refractivity contribution < 1.29 is 14.5 Å². The number of nitrogens with zero attached hydrogens (tertiary/aromatic N) is 3. The van der Waals surface area contributed by atoms with Crippen molar-refractivity contribution in [2.75, 3.05) is 5.75 Å². The van der Waals surface area contributed by atoms with E-state index in [4.69, 9.17) is 0 Å². The Morgan fingerprint density at radius 2 is 1.81 bits per heavy atom. The maximum absolute atomic E-state index is 12.3. The Morgan fingerprint density at radius 3 is 2.56 bits per heavy atom.